The van der Waals surface area contributed by atoms with Crippen molar-refractivity contribution in [3.8, 4) is 0 Å². The molecule has 0 saturated carbocycles. The van der Waals surface area contributed by atoms with Crippen molar-refractivity contribution in [3.63, 3.8) is 0 Å². The molecule has 0 heterocycles. The van der Waals surface area contributed by atoms with Crippen LogP contribution in [0.4, 0.5) is 0 Å². The molecule has 0 aromatic carbocycles. The number of aliphatic hydroxyl groups is 1. The first-order chi connectivity index (χ1) is 7.25. The molecule has 1 amide bonds. The van der Waals surface area contributed by atoms with E-state index in [-0.39, 0.29) is 12.5 Å². The number of nitrogens with two attached hydrogens (primary N) is 1. The lowest BCUT2D eigenvalue weighted by Gasteiger charge is -2.27. The molecule has 0 bridgehead atoms. The predicted octanol–water partition coefficient (Wildman–Crippen LogP) is 0.734. The average Bonchev–Trinajstić information content (AvgIpc) is 2.14. The number of carbonyl (C=O) groups excluding carboxylic acids is 1. The highest BCUT2D eigenvalue weighted by atomic mass is 32.2. The Morgan fingerprint density at radius 3 is 2.50 bits per heavy atom. The molecule has 96 valence electrons. The van der Waals surface area contributed by atoms with Crippen LogP contribution in [0.15, 0.2) is 0 Å². The highest BCUT2D eigenvalue weighted by Crippen LogP contribution is 2.11. The van der Waals surface area contributed by atoms with E-state index in [0.717, 1.165) is 6.42 Å². The number of thioether (sulfide) groups is 1. The number of carbonyl (C=O) groups is 1. The molecule has 0 saturated heterocycles. The van der Waals surface area contributed by atoms with Gasteiger partial charge in [0.15, 0.2) is 0 Å². The molecule has 0 radical (unpaired) electrons. The topological polar surface area (TPSA) is 75.4 Å². The predicted molar refractivity (Wildman–Crippen MR) is 69.5 cm³/mol. The minimum Gasteiger partial charge on any atom is -0.387 e. The minimum atomic E-state index is -0.878. The van der Waals surface area contributed by atoms with Crippen molar-refractivity contribution in [3.05, 3.63) is 0 Å². The fraction of sp³-hybridized carbons (Fsp3) is 0.909. The van der Waals surface area contributed by atoms with E-state index in [4.69, 9.17) is 5.73 Å². The molecule has 4 nitrogen and oxygen atoms in total. The van der Waals surface area contributed by atoms with Crippen molar-refractivity contribution in [1.29, 1.82) is 0 Å². The van der Waals surface area contributed by atoms with Gasteiger partial charge in [-0.25, -0.2) is 0 Å². The molecular formula is C11H24N2O2S. The maximum Gasteiger partial charge on any atom is 0.239 e. The van der Waals surface area contributed by atoms with E-state index in [1.807, 2.05) is 13.2 Å². The average molecular weight is 248 g/mol. The van der Waals surface area contributed by atoms with Crippen molar-refractivity contribution in [2.45, 2.75) is 44.8 Å². The first kappa shape index (κ1) is 15.7. The maximum absolute atomic E-state index is 11.8. The Hall–Kier alpha value is -0.260. The number of hydrogen-bond donors (Lipinski definition) is 3. The molecule has 0 aliphatic carbocycles. The zero-order valence-electron chi connectivity index (χ0n) is 10.7. The van der Waals surface area contributed by atoms with Crippen LogP contribution >= 0.6 is 11.8 Å². The Morgan fingerprint density at radius 1 is 1.50 bits per heavy atom. The van der Waals surface area contributed by atoms with Crippen molar-refractivity contribution in [2.24, 2.45) is 5.73 Å². The lowest BCUT2D eigenvalue weighted by atomic mass is 9.96. The van der Waals surface area contributed by atoms with E-state index in [9.17, 15) is 9.90 Å². The van der Waals surface area contributed by atoms with E-state index in [1.165, 1.54) is 0 Å². The van der Waals surface area contributed by atoms with Gasteiger partial charge in [-0.3, -0.25) is 4.79 Å². The van der Waals surface area contributed by atoms with Crippen LogP contribution < -0.4 is 11.1 Å². The second-order valence-corrected chi connectivity index (χ2v) is 5.65. The summed E-state index contributed by atoms with van der Waals surface area (Å²) >= 11 is 1.55. The van der Waals surface area contributed by atoms with Crippen LogP contribution in [0.25, 0.3) is 0 Å². The molecule has 4 N–H and O–H groups in total. The summed E-state index contributed by atoms with van der Waals surface area (Å²) in [6.45, 7) is 5.65. The van der Waals surface area contributed by atoms with Crippen molar-refractivity contribution >= 4 is 17.7 Å². The maximum atomic E-state index is 11.8. The van der Waals surface area contributed by atoms with Crippen LogP contribution in [0, 0.1) is 0 Å². The molecule has 0 aliphatic heterocycles. The Balaban J connectivity index is 4.16. The van der Waals surface area contributed by atoms with Crippen LogP contribution in [0.5, 0.6) is 0 Å². The van der Waals surface area contributed by atoms with Gasteiger partial charge in [0.25, 0.3) is 0 Å². The first-order valence-electron chi connectivity index (χ1n) is 5.53. The van der Waals surface area contributed by atoms with Crippen LogP contribution in [-0.2, 0) is 4.79 Å². The number of nitrogens with one attached hydrogen (secondary N) is 1. The highest BCUT2D eigenvalue weighted by molar-refractivity contribution is 7.98. The Kier molecular flexibility index (Phi) is 6.36. The van der Waals surface area contributed by atoms with Gasteiger partial charge in [-0.05, 0) is 26.5 Å². The van der Waals surface area contributed by atoms with Gasteiger partial charge in [-0.15, -0.1) is 0 Å². The smallest absolute Gasteiger partial charge is 0.239 e. The van der Waals surface area contributed by atoms with Crippen molar-refractivity contribution in [1.82, 2.24) is 5.32 Å². The summed E-state index contributed by atoms with van der Waals surface area (Å²) in [7, 11) is 0. The molecule has 0 aromatic rings. The number of rotatable bonds is 7. The molecular weight excluding hydrogens is 224 g/mol. The van der Waals surface area contributed by atoms with Crippen LogP contribution in [0.2, 0.25) is 0 Å². The van der Waals surface area contributed by atoms with E-state index < -0.39 is 11.1 Å². The minimum absolute atomic E-state index is 0.198. The van der Waals surface area contributed by atoms with Crippen LogP contribution in [0.1, 0.15) is 33.6 Å². The summed E-state index contributed by atoms with van der Waals surface area (Å²) in [5, 5.41) is 12.6. The van der Waals surface area contributed by atoms with E-state index in [2.05, 4.69) is 5.32 Å². The quantitative estimate of drug-likeness (QED) is 0.621. The molecule has 2 unspecified atom stereocenters. The van der Waals surface area contributed by atoms with Crippen molar-refractivity contribution in [2.75, 3.05) is 18.6 Å². The van der Waals surface area contributed by atoms with Gasteiger partial charge in [-0.1, -0.05) is 13.3 Å². The number of amides is 1. The summed E-state index contributed by atoms with van der Waals surface area (Å²) in [6, 6.07) is 0. The normalized spacial score (nSPS) is 18.6. The lowest BCUT2D eigenvalue weighted by Crippen LogP contribution is -2.54. The Labute approximate surface area is 102 Å². The zero-order valence-corrected chi connectivity index (χ0v) is 11.5. The monoisotopic (exact) mass is 248 g/mol. The third kappa shape index (κ3) is 5.72. The van der Waals surface area contributed by atoms with Gasteiger partial charge >= 0.3 is 0 Å². The molecule has 2 atom stereocenters. The van der Waals surface area contributed by atoms with Gasteiger partial charge in [0.1, 0.15) is 0 Å². The van der Waals surface area contributed by atoms with Gasteiger partial charge < -0.3 is 16.2 Å². The Morgan fingerprint density at radius 2 is 2.06 bits per heavy atom. The van der Waals surface area contributed by atoms with E-state index >= 15 is 0 Å². The van der Waals surface area contributed by atoms with Gasteiger partial charge in [0.05, 0.1) is 11.1 Å². The fourth-order valence-electron chi connectivity index (χ4n) is 1.47. The first-order valence-corrected chi connectivity index (χ1v) is 6.93. The molecule has 0 rings (SSSR count). The molecule has 16 heavy (non-hydrogen) atoms. The third-order valence-corrected chi connectivity index (χ3v) is 3.28. The summed E-state index contributed by atoms with van der Waals surface area (Å²) in [6.07, 6.45) is 3.42. The second kappa shape index (κ2) is 6.47. The van der Waals surface area contributed by atoms with Crippen LogP contribution in [0.3, 0.4) is 0 Å². The van der Waals surface area contributed by atoms with Crippen LogP contribution in [-0.4, -0.2) is 40.7 Å². The summed E-state index contributed by atoms with van der Waals surface area (Å²) in [4.78, 5) is 11.8. The van der Waals surface area contributed by atoms with Gasteiger partial charge in [0.2, 0.25) is 5.91 Å². The third-order valence-electron chi connectivity index (χ3n) is 2.37. The second-order valence-electron chi connectivity index (χ2n) is 4.78. The molecule has 0 aromatic heterocycles. The fourth-order valence-corrected chi connectivity index (χ4v) is 2.19. The van der Waals surface area contributed by atoms with Gasteiger partial charge in [0, 0.05) is 12.3 Å². The molecule has 0 spiro atoms. The SMILES string of the molecule is CCCC(C)(N)C(=O)NCC(C)(O)CSC. The highest BCUT2D eigenvalue weighted by Gasteiger charge is 2.29. The Bertz CT molecular complexity index is 230. The van der Waals surface area contributed by atoms with E-state index in [0.29, 0.717) is 12.2 Å². The standard InChI is InChI=1S/C11H24N2O2S/c1-5-6-11(3,12)9(14)13-7-10(2,15)8-16-4/h15H,5-8,12H2,1-4H3,(H,13,14). The van der Waals surface area contributed by atoms with Crippen molar-refractivity contribution < 1.29 is 9.90 Å². The summed E-state index contributed by atoms with van der Waals surface area (Å²) in [5.41, 5.74) is 4.15. The lowest BCUT2D eigenvalue weighted by molar-refractivity contribution is -0.127. The largest absolute Gasteiger partial charge is 0.387 e. The molecule has 0 fully saturated rings. The number of hydrogen-bond acceptors (Lipinski definition) is 4. The summed E-state index contributed by atoms with van der Waals surface area (Å²) in [5.74, 6) is 0.387. The van der Waals surface area contributed by atoms with Gasteiger partial charge in [-0.2, -0.15) is 11.8 Å². The zero-order chi connectivity index (χ0) is 12.8. The molecule has 0 aliphatic rings. The summed E-state index contributed by atoms with van der Waals surface area (Å²) < 4.78 is 0. The van der Waals surface area contributed by atoms with E-state index in [1.54, 1.807) is 25.6 Å². The molecule has 5 heteroatoms.